The monoisotopic (exact) mass is 248 g/mol. The standard InChI is InChI=1S/C10H24N2O3Si/c1-13-16(14-2)15-9-10-11-7-5-3-4-6-8-12-10/h10-12,16H,3-9H2,1-2H3. The summed E-state index contributed by atoms with van der Waals surface area (Å²) < 4.78 is 15.8. The van der Waals surface area contributed by atoms with Crippen LogP contribution in [-0.4, -0.2) is 49.6 Å². The van der Waals surface area contributed by atoms with E-state index in [1.54, 1.807) is 14.2 Å². The second kappa shape index (κ2) is 9.09. The lowest BCUT2D eigenvalue weighted by molar-refractivity contribution is 0.116. The Hall–Kier alpha value is 0.0169. The van der Waals surface area contributed by atoms with E-state index in [1.807, 2.05) is 0 Å². The van der Waals surface area contributed by atoms with E-state index in [9.17, 15) is 0 Å². The molecule has 0 aromatic heterocycles. The summed E-state index contributed by atoms with van der Waals surface area (Å²) >= 11 is 0. The topological polar surface area (TPSA) is 51.8 Å². The van der Waals surface area contributed by atoms with Gasteiger partial charge in [0.1, 0.15) is 0 Å². The van der Waals surface area contributed by atoms with Crippen molar-refractivity contribution in [3.8, 4) is 0 Å². The Labute approximate surface area is 99.8 Å². The second-order valence-corrected chi connectivity index (χ2v) is 5.82. The predicted octanol–water partition coefficient (Wildman–Crippen LogP) is 0.0923. The molecule has 6 heteroatoms. The van der Waals surface area contributed by atoms with E-state index < -0.39 is 9.53 Å². The van der Waals surface area contributed by atoms with Gasteiger partial charge in [0.15, 0.2) is 0 Å². The van der Waals surface area contributed by atoms with Crippen LogP contribution in [0, 0.1) is 0 Å². The molecule has 0 radical (unpaired) electrons. The van der Waals surface area contributed by atoms with Gasteiger partial charge >= 0.3 is 9.53 Å². The van der Waals surface area contributed by atoms with Gasteiger partial charge in [-0.05, 0) is 25.9 Å². The van der Waals surface area contributed by atoms with Crippen molar-refractivity contribution >= 4 is 9.53 Å². The van der Waals surface area contributed by atoms with Gasteiger partial charge in [-0.15, -0.1) is 0 Å². The molecule has 0 saturated carbocycles. The van der Waals surface area contributed by atoms with Crippen LogP contribution in [0.2, 0.25) is 0 Å². The summed E-state index contributed by atoms with van der Waals surface area (Å²) in [5, 5.41) is 6.88. The van der Waals surface area contributed by atoms with Crippen molar-refractivity contribution < 1.29 is 13.3 Å². The molecule has 0 unspecified atom stereocenters. The van der Waals surface area contributed by atoms with Crippen LogP contribution in [0.25, 0.3) is 0 Å². The Morgan fingerprint density at radius 2 is 1.56 bits per heavy atom. The molecule has 0 spiro atoms. The molecule has 96 valence electrons. The van der Waals surface area contributed by atoms with E-state index in [1.165, 1.54) is 25.7 Å². The molecule has 1 aliphatic rings. The first kappa shape index (κ1) is 14.1. The smallest absolute Gasteiger partial charge is 0.379 e. The molecule has 5 nitrogen and oxygen atoms in total. The fourth-order valence-corrected chi connectivity index (χ4v) is 2.57. The zero-order valence-corrected chi connectivity index (χ0v) is 11.5. The molecule has 0 amide bonds. The number of hydrogen-bond donors (Lipinski definition) is 2. The summed E-state index contributed by atoms with van der Waals surface area (Å²) in [4.78, 5) is 0. The third-order valence-electron chi connectivity index (χ3n) is 2.67. The summed E-state index contributed by atoms with van der Waals surface area (Å²) in [7, 11) is 1.38. The summed E-state index contributed by atoms with van der Waals surface area (Å²) in [6, 6.07) is 0. The zero-order valence-electron chi connectivity index (χ0n) is 10.3. The fourth-order valence-electron chi connectivity index (χ4n) is 1.75. The van der Waals surface area contributed by atoms with Crippen LogP contribution in [0.1, 0.15) is 25.7 Å². The molecule has 0 atom stereocenters. The van der Waals surface area contributed by atoms with Crippen LogP contribution in [0.15, 0.2) is 0 Å². The molecular weight excluding hydrogens is 224 g/mol. The largest absolute Gasteiger partial charge is 0.483 e. The van der Waals surface area contributed by atoms with Crippen molar-refractivity contribution in [2.24, 2.45) is 0 Å². The lowest BCUT2D eigenvalue weighted by Crippen LogP contribution is -2.47. The Balaban J connectivity index is 2.21. The van der Waals surface area contributed by atoms with Crippen LogP contribution in [0.5, 0.6) is 0 Å². The summed E-state index contributed by atoms with van der Waals surface area (Å²) in [6.45, 7) is 2.71. The Kier molecular flexibility index (Phi) is 8.00. The lowest BCUT2D eigenvalue weighted by atomic mass is 10.2. The third kappa shape index (κ3) is 5.93. The molecular formula is C10H24N2O3Si. The predicted molar refractivity (Wildman–Crippen MR) is 65.4 cm³/mol. The van der Waals surface area contributed by atoms with Crippen LogP contribution >= 0.6 is 0 Å². The highest BCUT2D eigenvalue weighted by molar-refractivity contribution is 6.36. The van der Waals surface area contributed by atoms with Gasteiger partial charge in [-0.2, -0.15) is 0 Å². The highest BCUT2D eigenvalue weighted by Crippen LogP contribution is 2.01. The lowest BCUT2D eigenvalue weighted by Gasteiger charge is -2.21. The van der Waals surface area contributed by atoms with Crippen molar-refractivity contribution in [2.75, 3.05) is 33.9 Å². The van der Waals surface area contributed by atoms with E-state index in [0.29, 0.717) is 6.61 Å². The minimum Gasteiger partial charge on any atom is -0.379 e. The second-order valence-electron chi connectivity index (χ2n) is 3.97. The average molecular weight is 248 g/mol. The molecule has 16 heavy (non-hydrogen) atoms. The number of hydrogen-bond acceptors (Lipinski definition) is 5. The van der Waals surface area contributed by atoms with Gasteiger partial charge in [0.25, 0.3) is 0 Å². The quantitative estimate of drug-likeness (QED) is 0.676. The van der Waals surface area contributed by atoms with Crippen LogP contribution in [0.3, 0.4) is 0 Å². The Morgan fingerprint density at radius 3 is 2.06 bits per heavy atom. The first-order valence-corrected chi connectivity index (χ1v) is 7.42. The third-order valence-corrected chi connectivity index (χ3v) is 3.90. The van der Waals surface area contributed by atoms with E-state index in [4.69, 9.17) is 13.3 Å². The first-order chi connectivity index (χ1) is 7.86. The summed E-state index contributed by atoms with van der Waals surface area (Å²) in [5.74, 6) is 0. The molecule has 1 aliphatic heterocycles. The maximum absolute atomic E-state index is 5.59. The van der Waals surface area contributed by atoms with Crippen molar-refractivity contribution in [1.82, 2.24) is 10.6 Å². The zero-order chi connectivity index (χ0) is 11.6. The van der Waals surface area contributed by atoms with Gasteiger partial charge in [0, 0.05) is 14.2 Å². The van der Waals surface area contributed by atoms with Crippen LogP contribution in [-0.2, 0) is 13.3 Å². The minimum absolute atomic E-state index is 0.221. The van der Waals surface area contributed by atoms with E-state index in [0.717, 1.165) is 13.1 Å². The minimum atomic E-state index is -1.88. The van der Waals surface area contributed by atoms with Gasteiger partial charge in [0.2, 0.25) is 0 Å². The van der Waals surface area contributed by atoms with Crippen molar-refractivity contribution in [2.45, 2.75) is 31.8 Å². The molecule has 2 N–H and O–H groups in total. The van der Waals surface area contributed by atoms with E-state index >= 15 is 0 Å². The number of rotatable bonds is 5. The SMILES string of the molecule is CO[SiH](OC)OCC1NCCCCCCN1. The van der Waals surface area contributed by atoms with Gasteiger partial charge in [-0.1, -0.05) is 12.8 Å². The Bertz CT molecular complexity index is 160. The van der Waals surface area contributed by atoms with E-state index in [-0.39, 0.29) is 6.17 Å². The molecule has 1 rings (SSSR count). The van der Waals surface area contributed by atoms with Crippen LogP contribution in [0.4, 0.5) is 0 Å². The molecule has 1 heterocycles. The van der Waals surface area contributed by atoms with Gasteiger partial charge in [0.05, 0.1) is 12.8 Å². The highest BCUT2D eigenvalue weighted by Gasteiger charge is 2.15. The summed E-state index contributed by atoms with van der Waals surface area (Å²) in [5.41, 5.74) is 0. The highest BCUT2D eigenvalue weighted by atomic mass is 28.3. The molecule has 0 bridgehead atoms. The average Bonchev–Trinajstić information content (AvgIpc) is 2.44. The van der Waals surface area contributed by atoms with Crippen molar-refractivity contribution in [1.29, 1.82) is 0 Å². The van der Waals surface area contributed by atoms with Crippen molar-refractivity contribution in [3.63, 3.8) is 0 Å². The molecule has 0 aliphatic carbocycles. The number of nitrogens with one attached hydrogen (secondary N) is 2. The Morgan fingerprint density at radius 1 is 1.00 bits per heavy atom. The van der Waals surface area contributed by atoms with Crippen molar-refractivity contribution in [3.05, 3.63) is 0 Å². The van der Waals surface area contributed by atoms with Gasteiger partial charge in [-0.25, -0.2) is 0 Å². The maximum atomic E-state index is 5.59. The van der Waals surface area contributed by atoms with Gasteiger partial charge in [-0.3, -0.25) is 0 Å². The molecule has 0 aromatic carbocycles. The van der Waals surface area contributed by atoms with Crippen LogP contribution < -0.4 is 10.6 Å². The molecule has 1 fully saturated rings. The normalized spacial score (nSPS) is 20.4. The first-order valence-electron chi connectivity index (χ1n) is 6.00. The fraction of sp³-hybridized carbons (Fsp3) is 1.00. The summed E-state index contributed by atoms with van der Waals surface area (Å²) in [6.07, 6.45) is 5.34. The molecule has 1 saturated heterocycles. The maximum Gasteiger partial charge on any atom is 0.483 e. The van der Waals surface area contributed by atoms with E-state index in [2.05, 4.69) is 10.6 Å². The van der Waals surface area contributed by atoms with Gasteiger partial charge < -0.3 is 23.9 Å². The molecule has 0 aromatic rings.